The second kappa shape index (κ2) is 5.63. The number of rotatable bonds is 3. The van der Waals surface area contributed by atoms with E-state index in [1.54, 1.807) is 7.11 Å². The molecule has 1 aromatic carbocycles. The lowest BCUT2D eigenvalue weighted by atomic mass is 9.91. The Morgan fingerprint density at radius 3 is 2.68 bits per heavy atom. The van der Waals surface area contributed by atoms with Crippen LogP contribution in [0.1, 0.15) is 34.8 Å². The number of halogens is 1. The van der Waals surface area contributed by atoms with Crippen LogP contribution in [0.25, 0.3) is 0 Å². The highest BCUT2D eigenvalue weighted by atomic mass is 79.9. The Kier molecular flexibility index (Phi) is 4.31. The van der Waals surface area contributed by atoms with Crippen LogP contribution in [-0.2, 0) is 4.74 Å². The van der Waals surface area contributed by atoms with Gasteiger partial charge in [0.15, 0.2) is 5.78 Å². The highest BCUT2D eigenvalue weighted by molar-refractivity contribution is 9.10. The lowest BCUT2D eigenvalue weighted by Gasteiger charge is -2.17. The molecule has 3 nitrogen and oxygen atoms in total. The molecule has 1 aliphatic heterocycles. The molecule has 1 fully saturated rings. The Labute approximate surface area is 122 Å². The summed E-state index contributed by atoms with van der Waals surface area (Å²) < 4.78 is 11.9. The summed E-state index contributed by atoms with van der Waals surface area (Å²) in [6.45, 7) is 6.41. The Morgan fingerprint density at radius 1 is 1.47 bits per heavy atom. The maximum absolute atomic E-state index is 12.7. The number of Topliss-reactive ketones (excluding diaryl/α,β-unsaturated/α-hetero) is 1. The summed E-state index contributed by atoms with van der Waals surface area (Å²) in [4.78, 5) is 12.7. The zero-order valence-electron chi connectivity index (χ0n) is 11.7. The van der Waals surface area contributed by atoms with Crippen LogP contribution in [0.5, 0.6) is 5.75 Å². The van der Waals surface area contributed by atoms with Crippen LogP contribution in [0.15, 0.2) is 10.5 Å². The van der Waals surface area contributed by atoms with E-state index in [1.165, 1.54) is 0 Å². The van der Waals surface area contributed by atoms with Crippen LogP contribution in [-0.4, -0.2) is 25.6 Å². The minimum absolute atomic E-state index is 0.0590. The molecule has 0 spiro atoms. The predicted octanol–water partition coefficient (Wildman–Crippen LogP) is 3.68. The fourth-order valence-corrected chi connectivity index (χ4v) is 3.16. The first-order chi connectivity index (χ1) is 8.95. The molecule has 2 rings (SSSR count). The fraction of sp³-hybridized carbons (Fsp3) is 0.533. The Bertz CT molecular complexity index is 511. The highest BCUT2D eigenvalue weighted by Gasteiger charge is 2.32. The van der Waals surface area contributed by atoms with Crippen LogP contribution in [0.2, 0.25) is 0 Å². The number of ketones is 1. The quantitative estimate of drug-likeness (QED) is 0.795. The minimum atomic E-state index is -0.0590. The van der Waals surface area contributed by atoms with E-state index in [0.29, 0.717) is 17.9 Å². The molecule has 0 aromatic heterocycles. The molecule has 2 unspecified atom stereocenters. The summed E-state index contributed by atoms with van der Waals surface area (Å²) in [5.41, 5.74) is 2.60. The second-order valence-electron chi connectivity index (χ2n) is 5.15. The largest absolute Gasteiger partial charge is 0.496 e. The van der Waals surface area contributed by atoms with Gasteiger partial charge in [-0.05, 0) is 44.4 Å². The molecule has 4 heteroatoms. The average molecular weight is 327 g/mol. The lowest BCUT2D eigenvalue weighted by Crippen LogP contribution is -2.18. The van der Waals surface area contributed by atoms with Gasteiger partial charge < -0.3 is 9.47 Å². The van der Waals surface area contributed by atoms with Crippen molar-refractivity contribution in [3.05, 3.63) is 27.2 Å². The van der Waals surface area contributed by atoms with Crippen LogP contribution in [0, 0.1) is 19.8 Å². The first kappa shape index (κ1) is 14.5. The molecule has 1 heterocycles. The van der Waals surface area contributed by atoms with E-state index >= 15 is 0 Å². The van der Waals surface area contributed by atoms with Gasteiger partial charge in [0, 0.05) is 10.4 Å². The van der Waals surface area contributed by atoms with Crippen molar-refractivity contribution in [2.45, 2.75) is 33.3 Å². The Balaban J connectivity index is 2.46. The van der Waals surface area contributed by atoms with E-state index < -0.39 is 0 Å². The maximum Gasteiger partial charge on any atom is 0.172 e. The molecule has 104 valence electrons. The van der Waals surface area contributed by atoms with Gasteiger partial charge in [0.25, 0.3) is 0 Å². The van der Waals surface area contributed by atoms with E-state index in [9.17, 15) is 4.79 Å². The number of aryl methyl sites for hydroxylation is 1. The summed E-state index contributed by atoms with van der Waals surface area (Å²) >= 11 is 3.51. The number of carbonyl (C=O) groups is 1. The van der Waals surface area contributed by atoms with Crippen molar-refractivity contribution in [2.75, 3.05) is 13.7 Å². The molecule has 1 aliphatic rings. The van der Waals surface area contributed by atoms with Crippen molar-refractivity contribution in [1.82, 2.24) is 0 Å². The van der Waals surface area contributed by atoms with Crippen LogP contribution < -0.4 is 4.74 Å². The van der Waals surface area contributed by atoms with Gasteiger partial charge in [0.2, 0.25) is 0 Å². The van der Waals surface area contributed by atoms with Gasteiger partial charge in [-0.15, -0.1) is 0 Å². The zero-order valence-corrected chi connectivity index (χ0v) is 13.3. The average Bonchev–Trinajstić information content (AvgIpc) is 2.79. The Hall–Kier alpha value is -0.870. The van der Waals surface area contributed by atoms with E-state index in [-0.39, 0.29) is 17.8 Å². The topological polar surface area (TPSA) is 35.5 Å². The van der Waals surface area contributed by atoms with Gasteiger partial charge in [0.05, 0.1) is 25.4 Å². The zero-order chi connectivity index (χ0) is 14.2. The number of benzene rings is 1. The first-order valence-electron chi connectivity index (χ1n) is 6.45. The highest BCUT2D eigenvalue weighted by Crippen LogP contribution is 2.35. The van der Waals surface area contributed by atoms with E-state index in [4.69, 9.17) is 9.47 Å². The van der Waals surface area contributed by atoms with Crippen molar-refractivity contribution < 1.29 is 14.3 Å². The second-order valence-corrected chi connectivity index (χ2v) is 6.00. The van der Waals surface area contributed by atoms with E-state index in [2.05, 4.69) is 15.9 Å². The molecule has 0 aliphatic carbocycles. The number of methoxy groups -OCH3 is 1. The number of hydrogen-bond acceptors (Lipinski definition) is 3. The molecule has 0 radical (unpaired) electrons. The fourth-order valence-electron chi connectivity index (χ4n) is 2.61. The van der Waals surface area contributed by atoms with Crippen molar-refractivity contribution >= 4 is 21.7 Å². The molecular formula is C15H19BrO3. The first-order valence-corrected chi connectivity index (χ1v) is 7.24. The minimum Gasteiger partial charge on any atom is -0.496 e. The molecular weight excluding hydrogens is 308 g/mol. The maximum atomic E-state index is 12.7. The SMILES string of the molecule is COc1c(C)cc(Br)c(C)c1C(=O)C1COC(C)C1. The summed E-state index contributed by atoms with van der Waals surface area (Å²) in [5.74, 6) is 0.754. The molecule has 2 atom stereocenters. The van der Waals surface area contributed by atoms with E-state index in [1.807, 2.05) is 26.8 Å². The normalized spacial score (nSPS) is 22.6. The van der Waals surface area contributed by atoms with Crippen molar-refractivity contribution in [3.8, 4) is 5.75 Å². The molecule has 19 heavy (non-hydrogen) atoms. The van der Waals surface area contributed by atoms with Crippen LogP contribution in [0.4, 0.5) is 0 Å². The lowest BCUT2D eigenvalue weighted by molar-refractivity contribution is 0.0874. The van der Waals surface area contributed by atoms with Crippen molar-refractivity contribution in [3.63, 3.8) is 0 Å². The van der Waals surface area contributed by atoms with Crippen LogP contribution >= 0.6 is 15.9 Å². The Morgan fingerprint density at radius 2 is 2.16 bits per heavy atom. The number of hydrogen-bond donors (Lipinski definition) is 0. The standard InChI is InChI=1S/C15H19BrO3/c1-8-5-12(16)10(3)13(15(8)18-4)14(17)11-6-9(2)19-7-11/h5,9,11H,6-7H2,1-4H3. The molecule has 0 saturated carbocycles. The summed E-state index contributed by atoms with van der Waals surface area (Å²) in [6.07, 6.45) is 0.945. The van der Waals surface area contributed by atoms with Gasteiger partial charge in [-0.1, -0.05) is 15.9 Å². The smallest absolute Gasteiger partial charge is 0.172 e. The summed E-state index contributed by atoms with van der Waals surface area (Å²) in [6, 6.07) is 1.98. The monoisotopic (exact) mass is 326 g/mol. The summed E-state index contributed by atoms with van der Waals surface area (Å²) in [7, 11) is 1.61. The molecule has 0 amide bonds. The molecule has 1 aromatic rings. The molecule has 1 saturated heterocycles. The van der Waals surface area contributed by atoms with Gasteiger partial charge in [0.1, 0.15) is 5.75 Å². The summed E-state index contributed by atoms with van der Waals surface area (Å²) in [5, 5.41) is 0. The third kappa shape index (κ3) is 2.70. The van der Waals surface area contributed by atoms with Crippen molar-refractivity contribution in [1.29, 1.82) is 0 Å². The van der Waals surface area contributed by atoms with Gasteiger partial charge in [-0.2, -0.15) is 0 Å². The van der Waals surface area contributed by atoms with Crippen LogP contribution in [0.3, 0.4) is 0 Å². The van der Waals surface area contributed by atoms with Gasteiger partial charge in [-0.3, -0.25) is 4.79 Å². The third-order valence-corrected chi connectivity index (χ3v) is 4.51. The van der Waals surface area contributed by atoms with E-state index in [0.717, 1.165) is 22.0 Å². The van der Waals surface area contributed by atoms with Gasteiger partial charge >= 0.3 is 0 Å². The molecule has 0 N–H and O–H groups in total. The number of carbonyl (C=O) groups excluding carboxylic acids is 1. The van der Waals surface area contributed by atoms with Crippen molar-refractivity contribution in [2.24, 2.45) is 5.92 Å². The van der Waals surface area contributed by atoms with Gasteiger partial charge in [-0.25, -0.2) is 0 Å². The number of ether oxygens (including phenoxy) is 2. The predicted molar refractivity (Wildman–Crippen MR) is 78.0 cm³/mol. The molecule has 0 bridgehead atoms. The third-order valence-electron chi connectivity index (χ3n) is 3.68.